The van der Waals surface area contributed by atoms with Crippen molar-refractivity contribution >= 4 is 45.4 Å². The van der Waals surface area contributed by atoms with Gasteiger partial charge >= 0.3 is 0 Å². The van der Waals surface area contributed by atoms with Gasteiger partial charge in [-0.3, -0.25) is 25.2 Å². The molecule has 0 bridgehead atoms. The van der Waals surface area contributed by atoms with Crippen LogP contribution in [0.4, 0.5) is 5.69 Å². The highest BCUT2D eigenvalue weighted by Gasteiger charge is 2.09. The maximum Gasteiger partial charge on any atom is 0.269 e. The van der Waals surface area contributed by atoms with Crippen molar-refractivity contribution in [3.05, 3.63) is 106 Å². The van der Waals surface area contributed by atoms with E-state index < -0.39 is 11.8 Å². The summed E-state index contributed by atoms with van der Waals surface area (Å²) in [7, 11) is 0. The summed E-state index contributed by atoms with van der Waals surface area (Å²) in [6, 6.07) is 22.5. The largest absolute Gasteiger partial charge is 0.323 e. The Bertz CT molecular complexity index is 1060. The van der Waals surface area contributed by atoms with Crippen LogP contribution in [0.1, 0.15) is 26.3 Å². The number of nitrogens with one attached hydrogen (secondary N) is 3. The molecule has 6 nitrogen and oxygen atoms in total. The van der Waals surface area contributed by atoms with E-state index in [2.05, 4.69) is 32.1 Å². The number of hydrogen-bond acceptors (Lipinski definition) is 3. The number of amides is 3. The summed E-state index contributed by atoms with van der Waals surface area (Å²) in [5.74, 6) is -1.18. The Morgan fingerprint density at radius 3 is 1.80 bits per heavy atom. The van der Waals surface area contributed by atoms with E-state index in [0.29, 0.717) is 16.8 Å². The average molecular weight is 464 g/mol. The molecule has 0 unspecified atom stereocenters. The summed E-state index contributed by atoms with van der Waals surface area (Å²) >= 11 is 3.30. The molecule has 0 aliphatic carbocycles. The van der Waals surface area contributed by atoms with Gasteiger partial charge in [0.05, 0.1) is 0 Å². The lowest BCUT2D eigenvalue weighted by Gasteiger charge is -2.08. The van der Waals surface area contributed by atoms with E-state index in [4.69, 9.17) is 0 Å². The number of rotatable bonds is 5. The van der Waals surface area contributed by atoms with Crippen LogP contribution >= 0.6 is 15.9 Å². The second kappa shape index (κ2) is 10.2. The lowest BCUT2D eigenvalue weighted by atomic mass is 10.2. The van der Waals surface area contributed by atoms with Crippen molar-refractivity contribution in [1.29, 1.82) is 0 Å². The summed E-state index contributed by atoms with van der Waals surface area (Å²) in [5.41, 5.74) is 6.95. The first kappa shape index (κ1) is 21.0. The molecule has 7 heteroatoms. The van der Waals surface area contributed by atoms with Crippen LogP contribution in [-0.4, -0.2) is 17.7 Å². The molecule has 3 aromatic carbocycles. The molecule has 0 heterocycles. The fourth-order valence-corrected chi connectivity index (χ4v) is 2.75. The minimum atomic E-state index is -0.470. The van der Waals surface area contributed by atoms with Gasteiger partial charge in [-0.1, -0.05) is 46.3 Å². The highest BCUT2D eigenvalue weighted by Crippen LogP contribution is 2.11. The van der Waals surface area contributed by atoms with Gasteiger partial charge in [0.2, 0.25) is 5.91 Å². The standard InChI is InChI=1S/C23H18BrN3O3/c24-19-11-7-17(8-12-19)22(29)26-27-23(30)18-9-13-20(14-10-18)25-21(28)15-6-16-4-2-1-3-5-16/h1-15H,(H,25,28)(H,26,29)(H,27,30)/b15-6+. The van der Waals surface area contributed by atoms with Crippen LogP contribution in [0.2, 0.25) is 0 Å². The van der Waals surface area contributed by atoms with Crippen LogP contribution in [0.15, 0.2) is 89.4 Å². The average Bonchev–Trinajstić information content (AvgIpc) is 2.77. The van der Waals surface area contributed by atoms with Crippen LogP contribution in [-0.2, 0) is 4.79 Å². The lowest BCUT2D eigenvalue weighted by Crippen LogP contribution is -2.41. The normalized spacial score (nSPS) is 10.4. The fraction of sp³-hybridized carbons (Fsp3) is 0. The van der Waals surface area contributed by atoms with Crippen molar-refractivity contribution in [3.63, 3.8) is 0 Å². The number of hydrogen-bond donors (Lipinski definition) is 3. The van der Waals surface area contributed by atoms with Crippen LogP contribution in [0.3, 0.4) is 0 Å². The molecule has 3 rings (SSSR count). The van der Waals surface area contributed by atoms with E-state index in [-0.39, 0.29) is 5.91 Å². The quantitative estimate of drug-likeness (QED) is 0.391. The molecule has 0 radical (unpaired) electrons. The molecular formula is C23H18BrN3O3. The number of anilines is 1. The molecule has 3 N–H and O–H groups in total. The molecule has 0 aromatic heterocycles. The lowest BCUT2D eigenvalue weighted by molar-refractivity contribution is -0.111. The first-order valence-corrected chi connectivity index (χ1v) is 9.81. The van der Waals surface area contributed by atoms with Gasteiger partial charge in [0, 0.05) is 27.4 Å². The number of halogens is 1. The molecular weight excluding hydrogens is 446 g/mol. The molecule has 150 valence electrons. The second-order valence-corrected chi connectivity index (χ2v) is 7.14. The van der Waals surface area contributed by atoms with Gasteiger partial charge in [-0.15, -0.1) is 0 Å². The van der Waals surface area contributed by atoms with E-state index in [1.165, 1.54) is 6.08 Å². The zero-order valence-electron chi connectivity index (χ0n) is 15.8. The van der Waals surface area contributed by atoms with Crippen LogP contribution < -0.4 is 16.2 Å². The smallest absolute Gasteiger partial charge is 0.269 e. The number of benzene rings is 3. The molecule has 0 spiro atoms. The van der Waals surface area contributed by atoms with E-state index in [0.717, 1.165) is 10.0 Å². The first-order chi connectivity index (χ1) is 14.5. The Morgan fingerprint density at radius 1 is 0.700 bits per heavy atom. The van der Waals surface area contributed by atoms with Crippen LogP contribution in [0, 0.1) is 0 Å². The van der Waals surface area contributed by atoms with Gasteiger partial charge in [0.25, 0.3) is 11.8 Å². The molecule has 0 saturated heterocycles. The highest BCUT2D eigenvalue weighted by atomic mass is 79.9. The Morgan fingerprint density at radius 2 is 1.23 bits per heavy atom. The van der Waals surface area contributed by atoms with Crippen molar-refractivity contribution in [2.45, 2.75) is 0 Å². The second-order valence-electron chi connectivity index (χ2n) is 6.23. The Balaban J connectivity index is 1.51. The maximum atomic E-state index is 12.2. The molecule has 0 aliphatic heterocycles. The van der Waals surface area contributed by atoms with E-state index in [1.54, 1.807) is 54.6 Å². The summed E-state index contributed by atoms with van der Waals surface area (Å²) in [5, 5.41) is 2.72. The van der Waals surface area contributed by atoms with E-state index >= 15 is 0 Å². The van der Waals surface area contributed by atoms with E-state index in [9.17, 15) is 14.4 Å². The maximum absolute atomic E-state index is 12.2. The van der Waals surface area contributed by atoms with Gasteiger partial charge in [0.15, 0.2) is 0 Å². The van der Waals surface area contributed by atoms with Gasteiger partial charge < -0.3 is 5.32 Å². The summed E-state index contributed by atoms with van der Waals surface area (Å²) < 4.78 is 0.853. The number of carbonyl (C=O) groups is 3. The van der Waals surface area contributed by atoms with Gasteiger partial charge in [-0.2, -0.15) is 0 Å². The zero-order valence-corrected chi connectivity index (χ0v) is 17.3. The van der Waals surface area contributed by atoms with Gasteiger partial charge in [-0.25, -0.2) is 0 Å². The van der Waals surface area contributed by atoms with E-state index in [1.807, 2.05) is 30.3 Å². The topological polar surface area (TPSA) is 87.3 Å². The Kier molecular flexibility index (Phi) is 7.13. The molecule has 0 saturated carbocycles. The van der Waals surface area contributed by atoms with Crippen molar-refractivity contribution in [2.24, 2.45) is 0 Å². The third-order valence-electron chi connectivity index (χ3n) is 4.04. The van der Waals surface area contributed by atoms with Crippen molar-refractivity contribution in [3.8, 4) is 0 Å². The monoisotopic (exact) mass is 463 g/mol. The minimum absolute atomic E-state index is 0.280. The predicted molar refractivity (Wildman–Crippen MR) is 120 cm³/mol. The van der Waals surface area contributed by atoms with Crippen LogP contribution in [0.25, 0.3) is 6.08 Å². The van der Waals surface area contributed by atoms with Gasteiger partial charge in [-0.05, 0) is 60.2 Å². The van der Waals surface area contributed by atoms with Crippen LogP contribution in [0.5, 0.6) is 0 Å². The zero-order chi connectivity index (χ0) is 21.3. The summed E-state index contributed by atoms with van der Waals surface area (Å²) in [4.78, 5) is 36.2. The fourth-order valence-electron chi connectivity index (χ4n) is 2.48. The molecule has 3 amide bonds. The SMILES string of the molecule is O=C(/C=C/c1ccccc1)Nc1ccc(C(=O)NNC(=O)c2ccc(Br)cc2)cc1. The Labute approximate surface area is 182 Å². The number of carbonyl (C=O) groups excluding carboxylic acids is 3. The molecule has 0 fully saturated rings. The molecule has 0 aliphatic rings. The minimum Gasteiger partial charge on any atom is -0.323 e. The highest BCUT2D eigenvalue weighted by molar-refractivity contribution is 9.10. The van der Waals surface area contributed by atoms with Crippen molar-refractivity contribution in [2.75, 3.05) is 5.32 Å². The molecule has 0 atom stereocenters. The Hall–Kier alpha value is -3.71. The molecule has 3 aromatic rings. The third-order valence-corrected chi connectivity index (χ3v) is 4.57. The van der Waals surface area contributed by atoms with Crippen molar-refractivity contribution < 1.29 is 14.4 Å². The van der Waals surface area contributed by atoms with Crippen molar-refractivity contribution in [1.82, 2.24) is 10.9 Å². The predicted octanol–water partition coefficient (Wildman–Crippen LogP) is 4.18. The van der Waals surface area contributed by atoms with Gasteiger partial charge in [0.1, 0.15) is 0 Å². The number of hydrazine groups is 1. The molecule has 30 heavy (non-hydrogen) atoms. The first-order valence-electron chi connectivity index (χ1n) is 9.02. The summed E-state index contributed by atoms with van der Waals surface area (Å²) in [6.07, 6.45) is 3.15. The summed E-state index contributed by atoms with van der Waals surface area (Å²) in [6.45, 7) is 0. The third kappa shape index (κ3) is 6.15.